The molecule has 0 bridgehead atoms. The Bertz CT molecular complexity index is 575. The highest BCUT2D eigenvalue weighted by Gasteiger charge is 2.07. The fraction of sp³-hybridized carbons (Fsp3) is 0.0769. The number of rotatable bonds is 3. The predicted octanol–water partition coefficient (Wildman–Crippen LogP) is 4.92. The Balaban J connectivity index is 2.15. The fourth-order valence-corrected chi connectivity index (χ4v) is 2.63. The van der Waals surface area contributed by atoms with Gasteiger partial charge in [0.15, 0.2) is 0 Å². The van der Waals surface area contributed by atoms with Crippen molar-refractivity contribution in [2.24, 2.45) is 0 Å². The van der Waals surface area contributed by atoms with Gasteiger partial charge in [-0.15, -0.1) is 0 Å². The molecule has 0 aliphatic heterocycles. The number of aromatic hydroxyl groups is 1. The van der Waals surface area contributed by atoms with Crippen molar-refractivity contribution in [1.29, 1.82) is 0 Å². The molecule has 0 radical (unpaired) electrons. The number of hydrogen-bond donors (Lipinski definition) is 2. The Labute approximate surface area is 129 Å². The molecule has 18 heavy (non-hydrogen) atoms. The van der Waals surface area contributed by atoms with Crippen LogP contribution in [0, 0.1) is 3.57 Å². The lowest BCUT2D eigenvalue weighted by Gasteiger charge is -2.10. The van der Waals surface area contributed by atoms with Crippen molar-refractivity contribution in [1.82, 2.24) is 0 Å². The maximum absolute atomic E-state index is 9.82. The lowest BCUT2D eigenvalue weighted by molar-refractivity contribution is 0.469. The second-order valence-corrected chi connectivity index (χ2v) is 5.85. The second kappa shape index (κ2) is 5.99. The fourth-order valence-electron chi connectivity index (χ4n) is 1.55. The van der Waals surface area contributed by atoms with Crippen molar-refractivity contribution in [2.75, 3.05) is 5.32 Å². The summed E-state index contributed by atoms with van der Waals surface area (Å²) in [5, 5.41) is 13.8. The molecule has 0 saturated heterocycles. The first-order valence-electron chi connectivity index (χ1n) is 5.22. The minimum absolute atomic E-state index is 0.0687. The van der Waals surface area contributed by atoms with Gasteiger partial charge < -0.3 is 10.4 Å². The molecule has 0 heterocycles. The molecule has 0 saturated carbocycles. The first-order chi connectivity index (χ1) is 8.56. The predicted molar refractivity (Wildman–Crippen MR) is 84.6 cm³/mol. The van der Waals surface area contributed by atoms with Gasteiger partial charge in [-0.2, -0.15) is 0 Å². The molecule has 94 valence electrons. The molecule has 2 N–H and O–H groups in total. The summed E-state index contributed by atoms with van der Waals surface area (Å²) in [6.45, 7) is 0.464. The number of halogens is 3. The van der Waals surface area contributed by atoms with E-state index in [0.717, 1.165) is 9.26 Å². The third-order valence-electron chi connectivity index (χ3n) is 2.41. The quantitative estimate of drug-likeness (QED) is 0.725. The smallest absolute Gasteiger partial charge is 0.139 e. The van der Waals surface area contributed by atoms with E-state index in [0.29, 0.717) is 17.1 Å². The van der Waals surface area contributed by atoms with Gasteiger partial charge in [0.1, 0.15) is 5.75 Å². The number of nitrogens with one attached hydrogen (secondary N) is 1. The molecule has 0 atom stereocenters. The van der Waals surface area contributed by atoms with E-state index in [2.05, 4.69) is 27.9 Å². The van der Waals surface area contributed by atoms with E-state index in [-0.39, 0.29) is 10.8 Å². The van der Waals surface area contributed by atoms with Crippen molar-refractivity contribution in [2.45, 2.75) is 6.54 Å². The molecule has 0 aliphatic rings. The summed E-state index contributed by atoms with van der Waals surface area (Å²) in [7, 11) is 0. The molecule has 0 aromatic heterocycles. The maximum atomic E-state index is 9.82. The van der Waals surface area contributed by atoms with E-state index in [1.165, 1.54) is 6.07 Å². The van der Waals surface area contributed by atoms with Gasteiger partial charge in [0, 0.05) is 26.4 Å². The van der Waals surface area contributed by atoms with Crippen LogP contribution >= 0.6 is 45.8 Å². The van der Waals surface area contributed by atoms with Gasteiger partial charge >= 0.3 is 0 Å². The van der Waals surface area contributed by atoms with Crippen molar-refractivity contribution >= 4 is 51.5 Å². The van der Waals surface area contributed by atoms with Crippen LogP contribution in [0.15, 0.2) is 36.4 Å². The van der Waals surface area contributed by atoms with Crippen LogP contribution in [0.2, 0.25) is 10.0 Å². The van der Waals surface area contributed by atoms with E-state index < -0.39 is 0 Å². The number of phenolic OH excluding ortho intramolecular Hbond substituents is 1. The van der Waals surface area contributed by atoms with Crippen molar-refractivity contribution in [3.63, 3.8) is 0 Å². The average molecular weight is 394 g/mol. The lowest BCUT2D eigenvalue weighted by Crippen LogP contribution is -2.00. The largest absolute Gasteiger partial charge is 0.506 e. The van der Waals surface area contributed by atoms with Crippen LogP contribution in [0.25, 0.3) is 0 Å². The third kappa shape index (κ3) is 3.43. The van der Waals surface area contributed by atoms with Crippen LogP contribution in [-0.2, 0) is 6.54 Å². The van der Waals surface area contributed by atoms with Crippen LogP contribution in [0.1, 0.15) is 5.56 Å². The van der Waals surface area contributed by atoms with Crippen LogP contribution < -0.4 is 5.32 Å². The molecule has 0 unspecified atom stereocenters. The molecule has 5 heteroatoms. The molecule has 2 rings (SSSR count). The molecule has 2 nitrogen and oxygen atoms in total. The monoisotopic (exact) mass is 393 g/mol. The molecule has 0 fully saturated rings. The van der Waals surface area contributed by atoms with Crippen LogP contribution in [0.4, 0.5) is 5.69 Å². The summed E-state index contributed by atoms with van der Waals surface area (Å²) in [6.07, 6.45) is 0. The Morgan fingerprint density at radius 3 is 2.67 bits per heavy atom. The number of benzene rings is 2. The van der Waals surface area contributed by atoms with Gasteiger partial charge in [-0.25, -0.2) is 0 Å². The Kier molecular flexibility index (Phi) is 4.59. The van der Waals surface area contributed by atoms with E-state index >= 15 is 0 Å². The zero-order chi connectivity index (χ0) is 13.1. The van der Waals surface area contributed by atoms with Gasteiger partial charge in [0.2, 0.25) is 0 Å². The third-order valence-corrected chi connectivity index (χ3v) is 3.59. The number of hydrogen-bond acceptors (Lipinski definition) is 2. The normalized spacial score (nSPS) is 10.4. The van der Waals surface area contributed by atoms with Crippen LogP contribution in [0.5, 0.6) is 5.75 Å². The van der Waals surface area contributed by atoms with E-state index in [4.69, 9.17) is 23.2 Å². The minimum Gasteiger partial charge on any atom is -0.506 e. The highest BCUT2D eigenvalue weighted by atomic mass is 127. The van der Waals surface area contributed by atoms with Gasteiger partial charge in [-0.1, -0.05) is 29.3 Å². The second-order valence-electron chi connectivity index (χ2n) is 3.76. The first kappa shape index (κ1) is 13.8. The highest BCUT2D eigenvalue weighted by molar-refractivity contribution is 14.1. The van der Waals surface area contributed by atoms with Gasteiger partial charge in [-0.3, -0.25) is 0 Å². The molecule has 0 amide bonds. The summed E-state index contributed by atoms with van der Waals surface area (Å²) >= 11 is 14.0. The summed E-state index contributed by atoms with van der Waals surface area (Å²) in [5.41, 5.74) is 1.66. The Morgan fingerprint density at radius 2 is 1.94 bits per heavy atom. The number of anilines is 1. The Morgan fingerprint density at radius 1 is 1.17 bits per heavy atom. The van der Waals surface area contributed by atoms with Crippen LogP contribution in [0.3, 0.4) is 0 Å². The zero-order valence-electron chi connectivity index (χ0n) is 9.25. The van der Waals surface area contributed by atoms with Gasteiger partial charge in [0.25, 0.3) is 0 Å². The molecule has 2 aromatic rings. The van der Waals surface area contributed by atoms with Crippen molar-refractivity contribution in [3.8, 4) is 5.75 Å². The summed E-state index contributed by atoms with van der Waals surface area (Å²) in [4.78, 5) is 0. The minimum atomic E-state index is 0.0687. The summed E-state index contributed by atoms with van der Waals surface area (Å²) < 4.78 is 1.14. The van der Waals surface area contributed by atoms with Gasteiger partial charge in [0.05, 0.1) is 5.02 Å². The summed E-state index contributed by atoms with van der Waals surface area (Å²) in [6, 6.07) is 11.2. The average Bonchev–Trinajstić information content (AvgIpc) is 2.32. The SMILES string of the molecule is Oc1c(Cl)cc(Cl)cc1CNc1cccc(I)c1. The lowest BCUT2D eigenvalue weighted by atomic mass is 10.2. The van der Waals surface area contributed by atoms with Crippen molar-refractivity contribution in [3.05, 3.63) is 55.6 Å². The molecule has 0 spiro atoms. The molecular formula is C13H10Cl2INO. The van der Waals surface area contributed by atoms with Crippen LogP contribution in [-0.4, -0.2) is 5.11 Å². The molecular weight excluding hydrogens is 384 g/mol. The highest BCUT2D eigenvalue weighted by Crippen LogP contribution is 2.31. The zero-order valence-corrected chi connectivity index (χ0v) is 12.9. The van der Waals surface area contributed by atoms with E-state index in [9.17, 15) is 5.11 Å². The number of phenols is 1. The van der Waals surface area contributed by atoms with Crippen molar-refractivity contribution < 1.29 is 5.11 Å². The maximum Gasteiger partial charge on any atom is 0.139 e. The van der Waals surface area contributed by atoms with E-state index in [1.54, 1.807) is 6.07 Å². The van der Waals surface area contributed by atoms with E-state index in [1.807, 2.05) is 24.3 Å². The summed E-state index contributed by atoms with van der Waals surface area (Å²) in [5.74, 6) is 0.0687. The Hall–Kier alpha value is -0.650. The topological polar surface area (TPSA) is 32.3 Å². The standard InChI is InChI=1S/C13H10Cl2INO/c14-9-4-8(13(18)12(15)5-9)7-17-11-3-1-2-10(16)6-11/h1-6,17-18H,7H2. The van der Waals surface area contributed by atoms with Gasteiger partial charge in [-0.05, 0) is 52.9 Å². The first-order valence-corrected chi connectivity index (χ1v) is 7.06. The molecule has 2 aromatic carbocycles. The molecule has 0 aliphatic carbocycles.